The highest BCUT2D eigenvalue weighted by molar-refractivity contribution is 5.48. The van der Waals surface area contributed by atoms with E-state index in [9.17, 15) is 0 Å². The lowest BCUT2D eigenvalue weighted by molar-refractivity contribution is 0.254. The van der Waals surface area contributed by atoms with E-state index in [1.54, 1.807) is 7.11 Å². The molecule has 0 saturated carbocycles. The van der Waals surface area contributed by atoms with Gasteiger partial charge in [-0.15, -0.1) is 0 Å². The number of benzene rings is 1. The Morgan fingerprint density at radius 1 is 1.43 bits per heavy atom. The number of methoxy groups -OCH3 is 1. The van der Waals surface area contributed by atoms with Gasteiger partial charge in [0.25, 0.3) is 0 Å². The van der Waals surface area contributed by atoms with Crippen LogP contribution in [-0.2, 0) is 26.6 Å². The first kappa shape index (κ1) is 13.9. The van der Waals surface area contributed by atoms with Gasteiger partial charge in [0, 0.05) is 43.9 Å². The predicted octanol–water partition coefficient (Wildman–Crippen LogP) is 2.04. The van der Waals surface area contributed by atoms with E-state index in [1.807, 2.05) is 24.1 Å². The molecule has 0 amide bonds. The van der Waals surface area contributed by atoms with Crippen LogP contribution in [0, 0.1) is 0 Å². The molecule has 2 aromatic rings. The van der Waals surface area contributed by atoms with Crippen LogP contribution in [0.25, 0.3) is 0 Å². The number of hydrogen-bond acceptors (Lipinski definition) is 4. The van der Waals surface area contributed by atoms with Crippen molar-refractivity contribution in [2.45, 2.75) is 32.5 Å². The first-order valence-corrected chi connectivity index (χ1v) is 7.19. The second-order valence-corrected chi connectivity index (χ2v) is 5.50. The third kappa shape index (κ3) is 2.88. The maximum atomic E-state index is 5.82. The van der Waals surface area contributed by atoms with Gasteiger partial charge in [0.05, 0.1) is 19.1 Å². The number of aromatic nitrogens is 2. The Balaban J connectivity index is 1.70. The quantitative estimate of drug-likeness (QED) is 0.914. The topological polar surface area (TPSA) is 48.3 Å². The number of aryl methyl sites for hydroxylation is 1. The Hall–Kier alpha value is -2.01. The number of nitrogens with one attached hydrogen (secondary N) is 1. The molecule has 5 heteroatoms. The largest absolute Gasteiger partial charge is 0.496 e. The summed E-state index contributed by atoms with van der Waals surface area (Å²) in [4.78, 5) is 4.11. The van der Waals surface area contributed by atoms with Crippen LogP contribution in [0.5, 0.6) is 11.5 Å². The summed E-state index contributed by atoms with van der Waals surface area (Å²) in [6, 6.07) is 4.19. The lowest BCUT2D eigenvalue weighted by Gasteiger charge is -2.12. The van der Waals surface area contributed by atoms with Crippen LogP contribution in [-0.4, -0.2) is 22.8 Å². The molecule has 0 aliphatic carbocycles. The highest BCUT2D eigenvalue weighted by Crippen LogP contribution is 2.34. The van der Waals surface area contributed by atoms with Gasteiger partial charge < -0.3 is 19.4 Å². The van der Waals surface area contributed by atoms with E-state index >= 15 is 0 Å². The summed E-state index contributed by atoms with van der Waals surface area (Å²) in [6.45, 7) is 3.60. The zero-order valence-corrected chi connectivity index (χ0v) is 12.7. The number of fused-ring (bicyclic) bond motifs is 1. The summed E-state index contributed by atoms with van der Waals surface area (Å²) in [5.41, 5.74) is 3.50. The number of hydrogen-bond donors (Lipinski definition) is 1. The standard InChI is InChI=1S/C16H21N3O2/c1-11-4-12-5-15(20-3)13(6-16(12)21-11)7-17-8-14-9-18-10-19(14)2/h5-6,9-11,17H,4,7-8H2,1-3H3/t11-/m1/s1. The third-order valence-electron chi connectivity index (χ3n) is 3.84. The zero-order valence-electron chi connectivity index (χ0n) is 12.7. The van der Waals surface area contributed by atoms with Crippen molar-refractivity contribution in [3.05, 3.63) is 41.5 Å². The molecule has 0 unspecified atom stereocenters. The molecule has 1 atom stereocenters. The molecule has 1 N–H and O–H groups in total. The van der Waals surface area contributed by atoms with Crippen molar-refractivity contribution < 1.29 is 9.47 Å². The first-order chi connectivity index (χ1) is 10.2. The zero-order chi connectivity index (χ0) is 14.8. The number of nitrogens with zero attached hydrogens (tertiary/aromatic N) is 2. The fraction of sp³-hybridized carbons (Fsp3) is 0.438. The summed E-state index contributed by atoms with van der Waals surface area (Å²) in [7, 11) is 3.71. The van der Waals surface area contributed by atoms with Crippen LogP contribution in [0.15, 0.2) is 24.7 Å². The fourth-order valence-electron chi connectivity index (χ4n) is 2.69. The molecule has 0 saturated heterocycles. The lowest BCUT2D eigenvalue weighted by Crippen LogP contribution is -2.15. The molecule has 0 radical (unpaired) electrons. The minimum absolute atomic E-state index is 0.252. The summed E-state index contributed by atoms with van der Waals surface area (Å²) in [6.07, 6.45) is 4.89. The van der Waals surface area contributed by atoms with Gasteiger partial charge in [-0.25, -0.2) is 4.98 Å². The second-order valence-electron chi connectivity index (χ2n) is 5.50. The van der Waals surface area contributed by atoms with E-state index in [4.69, 9.17) is 9.47 Å². The van der Waals surface area contributed by atoms with E-state index in [-0.39, 0.29) is 6.10 Å². The minimum atomic E-state index is 0.252. The Morgan fingerprint density at radius 2 is 2.29 bits per heavy atom. The van der Waals surface area contributed by atoms with E-state index < -0.39 is 0 Å². The van der Waals surface area contributed by atoms with Gasteiger partial charge in [-0.05, 0) is 19.1 Å². The summed E-state index contributed by atoms with van der Waals surface area (Å²) < 4.78 is 13.3. The van der Waals surface area contributed by atoms with E-state index in [2.05, 4.69) is 29.4 Å². The van der Waals surface area contributed by atoms with Gasteiger partial charge >= 0.3 is 0 Å². The molecule has 1 aromatic carbocycles. The van der Waals surface area contributed by atoms with Gasteiger partial charge in [-0.1, -0.05) is 0 Å². The van der Waals surface area contributed by atoms with E-state index in [0.717, 1.165) is 42.3 Å². The van der Waals surface area contributed by atoms with Gasteiger partial charge in [-0.2, -0.15) is 0 Å². The minimum Gasteiger partial charge on any atom is -0.496 e. The van der Waals surface area contributed by atoms with Crippen LogP contribution >= 0.6 is 0 Å². The first-order valence-electron chi connectivity index (χ1n) is 7.19. The van der Waals surface area contributed by atoms with Crippen molar-refractivity contribution in [3.63, 3.8) is 0 Å². The summed E-state index contributed by atoms with van der Waals surface area (Å²) >= 11 is 0. The lowest BCUT2D eigenvalue weighted by atomic mass is 10.1. The Kier molecular flexibility index (Phi) is 3.84. The molecule has 1 aromatic heterocycles. The molecule has 0 spiro atoms. The Labute approximate surface area is 124 Å². The van der Waals surface area contributed by atoms with E-state index in [0.29, 0.717) is 0 Å². The van der Waals surface area contributed by atoms with Crippen molar-refractivity contribution in [1.29, 1.82) is 0 Å². The van der Waals surface area contributed by atoms with Crippen LogP contribution in [0.2, 0.25) is 0 Å². The molecule has 1 aliphatic rings. The maximum absolute atomic E-state index is 5.82. The molecule has 5 nitrogen and oxygen atoms in total. The smallest absolute Gasteiger partial charge is 0.123 e. The molecular formula is C16H21N3O2. The maximum Gasteiger partial charge on any atom is 0.123 e. The van der Waals surface area contributed by atoms with Gasteiger partial charge in [-0.3, -0.25) is 0 Å². The van der Waals surface area contributed by atoms with E-state index in [1.165, 1.54) is 5.56 Å². The SMILES string of the molecule is COc1cc2c(cc1CNCc1cncn1C)O[C@H](C)C2. The third-order valence-corrected chi connectivity index (χ3v) is 3.84. The van der Waals surface area contributed by atoms with Crippen LogP contribution < -0.4 is 14.8 Å². The highest BCUT2D eigenvalue weighted by Gasteiger charge is 2.21. The molecule has 2 heterocycles. The molecule has 21 heavy (non-hydrogen) atoms. The number of imidazole rings is 1. The van der Waals surface area contributed by atoms with Crippen molar-refractivity contribution in [2.24, 2.45) is 7.05 Å². The van der Waals surface area contributed by atoms with Crippen LogP contribution in [0.1, 0.15) is 23.7 Å². The van der Waals surface area contributed by atoms with Crippen LogP contribution in [0.4, 0.5) is 0 Å². The fourth-order valence-corrected chi connectivity index (χ4v) is 2.69. The van der Waals surface area contributed by atoms with Gasteiger partial charge in [0.2, 0.25) is 0 Å². The van der Waals surface area contributed by atoms with Crippen molar-refractivity contribution >= 4 is 0 Å². The molecule has 0 fully saturated rings. The second kappa shape index (κ2) is 5.77. The molecule has 0 bridgehead atoms. The van der Waals surface area contributed by atoms with Crippen molar-refractivity contribution in [3.8, 4) is 11.5 Å². The summed E-state index contributed by atoms with van der Waals surface area (Å²) in [5.74, 6) is 1.91. The normalized spacial score (nSPS) is 16.6. The van der Waals surface area contributed by atoms with Crippen molar-refractivity contribution in [1.82, 2.24) is 14.9 Å². The Bertz CT molecular complexity index is 636. The number of rotatable bonds is 5. The van der Waals surface area contributed by atoms with Gasteiger partial charge in [0.1, 0.15) is 17.6 Å². The monoisotopic (exact) mass is 287 g/mol. The molecule has 112 valence electrons. The Morgan fingerprint density at radius 3 is 3.00 bits per heavy atom. The van der Waals surface area contributed by atoms with Crippen molar-refractivity contribution in [2.75, 3.05) is 7.11 Å². The molecular weight excluding hydrogens is 266 g/mol. The highest BCUT2D eigenvalue weighted by atomic mass is 16.5. The predicted molar refractivity (Wildman–Crippen MR) is 80.5 cm³/mol. The molecule has 1 aliphatic heterocycles. The van der Waals surface area contributed by atoms with Gasteiger partial charge in [0.15, 0.2) is 0 Å². The molecule has 3 rings (SSSR count). The van der Waals surface area contributed by atoms with Crippen LogP contribution in [0.3, 0.4) is 0 Å². The summed E-state index contributed by atoms with van der Waals surface area (Å²) in [5, 5.41) is 3.43. The number of ether oxygens (including phenoxy) is 2. The average molecular weight is 287 g/mol. The average Bonchev–Trinajstić information content (AvgIpc) is 3.02.